The molecule has 0 spiro atoms. The second-order valence-electron chi connectivity index (χ2n) is 5.02. The fourth-order valence-electron chi connectivity index (χ4n) is 2.76. The maximum absolute atomic E-state index is 13.4. The van der Waals surface area contributed by atoms with Gasteiger partial charge < -0.3 is 15.8 Å². The molecule has 3 nitrogen and oxygen atoms in total. The predicted octanol–water partition coefficient (Wildman–Crippen LogP) is 3.39. The highest BCUT2D eigenvalue weighted by Crippen LogP contribution is 2.39. The first-order valence-electron chi connectivity index (χ1n) is 6.63. The predicted molar refractivity (Wildman–Crippen MR) is 77.3 cm³/mol. The van der Waals surface area contributed by atoms with E-state index in [2.05, 4.69) is 17.4 Å². The van der Waals surface area contributed by atoms with Gasteiger partial charge in [0.2, 0.25) is 0 Å². The first-order valence-corrected chi connectivity index (χ1v) is 6.63. The third-order valence-electron chi connectivity index (χ3n) is 3.75. The minimum Gasteiger partial charge on any atom is -0.494 e. The van der Waals surface area contributed by atoms with Crippen LogP contribution in [0.3, 0.4) is 0 Å². The third kappa shape index (κ3) is 2.23. The molecule has 2 aromatic rings. The summed E-state index contributed by atoms with van der Waals surface area (Å²) >= 11 is 0. The Hall–Kier alpha value is -2.07. The van der Waals surface area contributed by atoms with Crippen molar-refractivity contribution in [2.24, 2.45) is 5.73 Å². The quantitative estimate of drug-likeness (QED) is 0.900. The van der Waals surface area contributed by atoms with E-state index in [4.69, 9.17) is 10.5 Å². The van der Waals surface area contributed by atoms with E-state index in [1.54, 1.807) is 12.1 Å². The van der Waals surface area contributed by atoms with Crippen LogP contribution in [0, 0.1) is 5.82 Å². The lowest BCUT2D eigenvalue weighted by Crippen LogP contribution is -2.10. The first kappa shape index (κ1) is 12.9. The van der Waals surface area contributed by atoms with Crippen LogP contribution in [-0.2, 0) is 0 Å². The fraction of sp³-hybridized carbons (Fsp3) is 0.250. The molecule has 4 heteroatoms. The minimum absolute atomic E-state index is 0.0473. The number of hydrogen-bond donors (Lipinski definition) is 2. The zero-order chi connectivity index (χ0) is 14.1. The standard InChI is InChI=1S/C16H17FN2O/c1-20-16-8-10(6-7-13(16)17)19-15-9-14(18)11-4-2-3-5-12(11)15/h2-8,14-15,19H,9,18H2,1H3. The number of benzene rings is 2. The van der Waals surface area contributed by atoms with E-state index >= 15 is 0 Å². The Morgan fingerprint density at radius 2 is 1.95 bits per heavy atom. The van der Waals surface area contributed by atoms with Crippen LogP contribution in [0.15, 0.2) is 42.5 Å². The molecule has 1 aliphatic rings. The maximum atomic E-state index is 13.4. The Morgan fingerprint density at radius 1 is 1.20 bits per heavy atom. The van der Waals surface area contributed by atoms with E-state index in [-0.39, 0.29) is 23.7 Å². The highest BCUT2D eigenvalue weighted by molar-refractivity contribution is 5.52. The Kier molecular flexibility index (Phi) is 3.32. The van der Waals surface area contributed by atoms with Crippen molar-refractivity contribution >= 4 is 5.69 Å². The largest absolute Gasteiger partial charge is 0.494 e. The first-order chi connectivity index (χ1) is 9.69. The lowest BCUT2D eigenvalue weighted by Gasteiger charge is -2.16. The molecule has 20 heavy (non-hydrogen) atoms. The van der Waals surface area contributed by atoms with Crippen LogP contribution in [-0.4, -0.2) is 7.11 Å². The second kappa shape index (κ2) is 5.13. The van der Waals surface area contributed by atoms with Crippen LogP contribution < -0.4 is 15.8 Å². The summed E-state index contributed by atoms with van der Waals surface area (Å²) in [5.41, 5.74) is 9.37. The van der Waals surface area contributed by atoms with Crippen molar-refractivity contribution in [3.8, 4) is 5.75 Å². The molecule has 0 heterocycles. The normalized spacial score (nSPS) is 20.6. The molecule has 0 radical (unpaired) electrons. The van der Waals surface area contributed by atoms with Gasteiger partial charge in [0.1, 0.15) is 0 Å². The highest BCUT2D eigenvalue weighted by Gasteiger charge is 2.28. The molecule has 0 aromatic heterocycles. The van der Waals surface area contributed by atoms with Gasteiger partial charge in [-0.2, -0.15) is 0 Å². The number of anilines is 1. The molecule has 3 rings (SSSR count). The average Bonchev–Trinajstić information content (AvgIpc) is 2.78. The number of rotatable bonds is 3. The Balaban J connectivity index is 1.86. The third-order valence-corrected chi connectivity index (χ3v) is 3.75. The van der Waals surface area contributed by atoms with Crippen LogP contribution in [0.25, 0.3) is 0 Å². The summed E-state index contributed by atoms with van der Waals surface area (Å²) in [6.45, 7) is 0. The van der Waals surface area contributed by atoms with Crippen LogP contribution in [0.5, 0.6) is 5.75 Å². The number of fused-ring (bicyclic) bond motifs is 1. The molecule has 1 aliphatic carbocycles. The number of halogens is 1. The molecule has 2 aromatic carbocycles. The van der Waals surface area contributed by atoms with Crippen LogP contribution in [0.4, 0.5) is 10.1 Å². The maximum Gasteiger partial charge on any atom is 0.165 e. The summed E-state index contributed by atoms with van der Waals surface area (Å²) in [6.07, 6.45) is 0.832. The van der Waals surface area contributed by atoms with E-state index in [1.807, 2.05) is 12.1 Å². The van der Waals surface area contributed by atoms with Gasteiger partial charge in [0.05, 0.1) is 13.2 Å². The van der Waals surface area contributed by atoms with Crippen molar-refractivity contribution in [1.29, 1.82) is 0 Å². The lowest BCUT2D eigenvalue weighted by atomic mass is 10.1. The van der Waals surface area contributed by atoms with Crippen LogP contribution >= 0.6 is 0 Å². The fourth-order valence-corrected chi connectivity index (χ4v) is 2.76. The number of ether oxygens (including phenoxy) is 1. The van der Waals surface area contributed by atoms with E-state index in [0.29, 0.717) is 0 Å². The second-order valence-corrected chi connectivity index (χ2v) is 5.02. The van der Waals surface area contributed by atoms with Gasteiger partial charge in [-0.05, 0) is 29.7 Å². The topological polar surface area (TPSA) is 47.3 Å². The van der Waals surface area contributed by atoms with Gasteiger partial charge in [0, 0.05) is 17.8 Å². The molecular weight excluding hydrogens is 255 g/mol. The van der Waals surface area contributed by atoms with E-state index < -0.39 is 0 Å². The van der Waals surface area contributed by atoms with Crippen molar-refractivity contribution < 1.29 is 9.13 Å². The summed E-state index contributed by atoms with van der Waals surface area (Å²) in [6, 6.07) is 13.1. The van der Waals surface area contributed by atoms with Gasteiger partial charge in [0.25, 0.3) is 0 Å². The van der Waals surface area contributed by atoms with Crippen molar-refractivity contribution in [2.45, 2.75) is 18.5 Å². The number of nitrogens with two attached hydrogens (primary N) is 1. The smallest absolute Gasteiger partial charge is 0.165 e. The zero-order valence-corrected chi connectivity index (χ0v) is 11.3. The van der Waals surface area contributed by atoms with E-state index in [9.17, 15) is 4.39 Å². The van der Waals surface area contributed by atoms with E-state index in [0.717, 1.165) is 12.1 Å². The Bertz CT molecular complexity index is 630. The molecule has 0 fully saturated rings. The average molecular weight is 272 g/mol. The van der Waals surface area contributed by atoms with E-state index in [1.165, 1.54) is 24.3 Å². The van der Waals surface area contributed by atoms with Gasteiger partial charge in [-0.1, -0.05) is 24.3 Å². The number of nitrogens with one attached hydrogen (secondary N) is 1. The monoisotopic (exact) mass is 272 g/mol. The van der Waals surface area contributed by atoms with Crippen molar-refractivity contribution in [1.82, 2.24) is 0 Å². The molecule has 0 saturated heterocycles. The molecule has 2 atom stereocenters. The van der Waals surface area contributed by atoms with Crippen LogP contribution in [0.1, 0.15) is 29.6 Å². The van der Waals surface area contributed by atoms with Crippen molar-refractivity contribution in [3.63, 3.8) is 0 Å². The molecule has 2 unspecified atom stereocenters. The van der Waals surface area contributed by atoms with Crippen molar-refractivity contribution in [2.75, 3.05) is 12.4 Å². The SMILES string of the molecule is COc1cc(NC2CC(N)c3ccccc32)ccc1F. The summed E-state index contributed by atoms with van der Waals surface area (Å²) in [5, 5.41) is 3.40. The Labute approximate surface area is 117 Å². The lowest BCUT2D eigenvalue weighted by molar-refractivity contribution is 0.386. The number of methoxy groups -OCH3 is 1. The summed E-state index contributed by atoms with van der Waals surface area (Å²) in [4.78, 5) is 0. The van der Waals surface area contributed by atoms with Gasteiger partial charge in [0.15, 0.2) is 11.6 Å². The summed E-state index contributed by atoms with van der Waals surface area (Å²) in [7, 11) is 1.46. The molecule has 3 N–H and O–H groups in total. The van der Waals surface area contributed by atoms with Gasteiger partial charge in [-0.15, -0.1) is 0 Å². The molecule has 0 amide bonds. The van der Waals surface area contributed by atoms with Crippen molar-refractivity contribution in [3.05, 3.63) is 59.4 Å². The molecule has 0 aliphatic heterocycles. The van der Waals surface area contributed by atoms with Gasteiger partial charge >= 0.3 is 0 Å². The van der Waals surface area contributed by atoms with Gasteiger partial charge in [-0.3, -0.25) is 0 Å². The molecule has 104 valence electrons. The Morgan fingerprint density at radius 3 is 2.70 bits per heavy atom. The molecular formula is C16H17FN2O. The summed E-state index contributed by atoms with van der Waals surface area (Å²) < 4.78 is 18.4. The molecule has 0 saturated carbocycles. The van der Waals surface area contributed by atoms with Crippen LogP contribution in [0.2, 0.25) is 0 Å². The highest BCUT2D eigenvalue weighted by atomic mass is 19.1. The zero-order valence-electron chi connectivity index (χ0n) is 11.3. The number of hydrogen-bond acceptors (Lipinski definition) is 3. The minimum atomic E-state index is -0.360. The molecule has 0 bridgehead atoms. The summed E-state index contributed by atoms with van der Waals surface area (Å²) in [5.74, 6) is -0.118. The van der Waals surface area contributed by atoms with Gasteiger partial charge in [-0.25, -0.2) is 4.39 Å².